The predicted molar refractivity (Wildman–Crippen MR) is 87.3 cm³/mol. The fourth-order valence-corrected chi connectivity index (χ4v) is 3.12. The fourth-order valence-electron chi connectivity index (χ4n) is 2.41. The van der Waals surface area contributed by atoms with Gasteiger partial charge in [0.1, 0.15) is 5.69 Å². The summed E-state index contributed by atoms with van der Waals surface area (Å²) in [5.74, 6) is 0. The molecule has 0 saturated carbocycles. The molecule has 0 atom stereocenters. The van der Waals surface area contributed by atoms with Crippen LogP contribution in [-0.4, -0.2) is 24.8 Å². The molecule has 6 nitrogen and oxygen atoms in total. The standard InChI is InChI=1S/C16H16N3O3P/c1-12-5-4-7-13(9-12)15-10-19(18-17-15)16-8-3-2-6-14(16)11-23(20,21)22/h2-10H,11H2,1H3,(H2,20,21,22). The van der Waals surface area contributed by atoms with E-state index in [2.05, 4.69) is 10.3 Å². The van der Waals surface area contributed by atoms with Crippen molar-refractivity contribution in [2.45, 2.75) is 13.1 Å². The van der Waals surface area contributed by atoms with Gasteiger partial charge in [-0.2, -0.15) is 0 Å². The summed E-state index contributed by atoms with van der Waals surface area (Å²) in [7, 11) is -4.15. The van der Waals surface area contributed by atoms with E-state index >= 15 is 0 Å². The van der Waals surface area contributed by atoms with Gasteiger partial charge in [-0.3, -0.25) is 4.57 Å². The van der Waals surface area contributed by atoms with E-state index in [1.807, 2.05) is 31.2 Å². The topological polar surface area (TPSA) is 88.2 Å². The third kappa shape index (κ3) is 3.74. The Morgan fingerprint density at radius 2 is 1.91 bits per heavy atom. The third-order valence-corrected chi connectivity index (χ3v) is 4.17. The maximum atomic E-state index is 11.3. The van der Waals surface area contributed by atoms with E-state index < -0.39 is 7.60 Å². The van der Waals surface area contributed by atoms with Gasteiger partial charge in [-0.15, -0.1) is 5.10 Å². The van der Waals surface area contributed by atoms with E-state index in [9.17, 15) is 14.4 Å². The molecular formula is C16H16N3O3P. The quantitative estimate of drug-likeness (QED) is 0.719. The first-order chi connectivity index (χ1) is 10.9. The van der Waals surface area contributed by atoms with Crippen molar-refractivity contribution >= 4 is 7.60 Å². The second kappa shape index (κ2) is 6.08. The van der Waals surface area contributed by atoms with Crippen molar-refractivity contribution < 1.29 is 14.4 Å². The minimum absolute atomic E-state index is 0.331. The number of benzene rings is 2. The smallest absolute Gasteiger partial charge is 0.324 e. The van der Waals surface area contributed by atoms with Gasteiger partial charge in [0.25, 0.3) is 0 Å². The fraction of sp³-hybridized carbons (Fsp3) is 0.125. The Kier molecular flexibility index (Phi) is 4.13. The maximum Gasteiger partial charge on any atom is 0.329 e. The van der Waals surface area contributed by atoms with Crippen LogP contribution in [0.5, 0.6) is 0 Å². The van der Waals surface area contributed by atoms with Crippen LogP contribution in [0.1, 0.15) is 11.1 Å². The van der Waals surface area contributed by atoms with Gasteiger partial charge in [-0.05, 0) is 24.6 Å². The average Bonchev–Trinajstić information content (AvgIpc) is 2.96. The monoisotopic (exact) mass is 329 g/mol. The van der Waals surface area contributed by atoms with Crippen LogP contribution in [0.25, 0.3) is 16.9 Å². The molecule has 0 aliphatic heterocycles. The maximum absolute atomic E-state index is 11.3. The van der Waals surface area contributed by atoms with Crippen LogP contribution >= 0.6 is 7.60 Å². The summed E-state index contributed by atoms with van der Waals surface area (Å²) in [6, 6.07) is 14.9. The van der Waals surface area contributed by atoms with E-state index in [0.29, 0.717) is 16.9 Å². The molecular weight excluding hydrogens is 313 g/mol. The highest BCUT2D eigenvalue weighted by Crippen LogP contribution is 2.40. The molecule has 2 aromatic carbocycles. The van der Waals surface area contributed by atoms with E-state index in [0.717, 1.165) is 11.1 Å². The van der Waals surface area contributed by atoms with E-state index in [1.165, 1.54) is 0 Å². The zero-order chi connectivity index (χ0) is 16.4. The van der Waals surface area contributed by atoms with Gasteiger partial charge in [0, 0.05) is 5.56 Å². The number of hydrogen-bond donors (Lipinski definition) is 2. The molecule has 0 spiro atoms. The largest absolute Gasteiger partial charge is 0.329 e. The molecule has 118 valence electrons. The van der Waals surface area contributed by atoms with Crippen LogP contribution in [0.15, 0.2) is 54.7 Å². The molecule has 0 radical (unpaired) electrons. The van der Waals surface area contributed by atoms with Crippen molar-refractivity contribution in [3.05, 3.63) is 65.9 Å². The van der Waals surface area contributed by atoms with Crippen LogP contribution in [0.4, 0.5) is 0 Å². The SMILES string of the molecule is Cc1cccc(-c2cn(-c3ccccc3CP(=O)(O)O)nn2)c1. The lowest BCUT2D eigenvalue weighted by molar-refractivity contribution is 0.371. The molecule has 0 bridgehead atoms. The molecule has 3 aromatic rings. The number of rotatable bonds is 4. The number of hydrogen-bond acceptors (Lipinski definition) is 3. The molecule has 1 aromatic heterocycles. The zero-order valence-electron chi connectivity index (χ0n) is 12.5. The highest BCUT2D eigenvalue weighted by atomic mass is 31.2. The van der Waals surface area contributed by atoms with Crippen molar-refractivity contribution in [1.82, 2.24) is 15.0 Å². The summed E-state index contributed by atoms with van der Waals surface area (Å²) in [5, 5.41) is 8.26. The molecule has 3 rings (SSSR count). The molecule has 23 heavy (non-hydrogen) atoms. The first-order valence-corrected chi connectivity index (χ1v) is 8.84. The third-order valence-electron chi connectivity index (χ3n) is 3.42. The van der Waals surface area contributed by atoms with Gasteiger partial charge in [-0.25, -0.2) is 4.68 Å². The summed E-state index contributed by atoms with van der Waals surface area (Å²) >= 11 is 0. The Balaban J connectivity index is 2.00. The second-order valence-electron chi connectivity index (χ2n) is 5.37. The van der Waals surface area contributed by atoms with Crippen molar-refractivity contribution in [2.24, 2.45) is 0 Å². The van der Waals surface area contributed by atoms with Crippen molar-refractivity contribution in [3.63, 3.8) is 0 Å². The molecule has 7 heteroatoms. The summed E-state index contributed by atoms with van der Waals surface area (Å²) in [6.07, 6.45) is 1.43. The zero-order valence-corrected chi connectivity index (χ0v) is 13.4. The summed E-state index contributed by atoms with van der Waals surface area (Å²) in [4.78, 5) is 18.4. The average molecular weight is 329 g/mol. The van der Waals surface area contributed by atoms with Gasteiger partial charge in [-0.1, -0.05) is 47.2 Å². The Hall–Kier alpha value is -2.27. The summed E-state index contributed by atoms with van der Waals surface area (Å²) in [6.45, 7) is 2.00. The van der Waals surface area contributed by atoms with Crippen molar-refractivity contribution in [1.29, 1.82) is 0 Å². The van der Waals surface area contributed by atoms with E-state index in [1.54, 1.807) is 35.1 Å². The second-order valence-corrected chi connectivity index (χ2v) is 7.01. The lowest BCUT2D eigenvalue weighted by atomic mass is 10.1. The molecule has 0 amide bonds. The number of aromatic nitrogens is 3. The van der Waals surface area contributed by atoms with Crippen LogP contribution in [0.2, 0.25) is 0 Å². The van der Waals surface area contributed by atoms with Crippen molar-refractivity contribution in [2.75, 3.05) is 0 Å². The number of para-hydroxylation sites is 1. The molecule has 0 fully saturated rings. The Bertz CT molecular complexity index is 886. The first-order valence-electron chi connectivity index (χ1n) is 7.05. The van der Waals surface area contributed by atoms with E-state index in [4.69, 9.17) is 0 Å². The molecule has 0 aliphatic carbocycles. The van der Waals surface area contributed by atoms with Crippen LogP contribution in [0, 0.1) is 6.92 Å². The Morgan fingerprint density at radius 3 is 2.65 bits per heavy atom. The van der Waals surface area contributed by atoms with Crippen LogP contribution in [-0.2, 0) is 10.7 Å². The summed E-state index contributed by atoms with van der Waals surface area (Å²) < 4.78 is 12.8. The lowest BCUT2D eigenvalue weighted by Gasteiger charge is -2.09. The molecule has 1 heterocycles. The first kappa shape index (κ1) is 15.6. The minimum Gasteiger partial charge on any atom is -0.324 e. The number of nitrogens with zero attached hydrogens (tertiary/aromatic N) is 3. The van der Waals surface area contributed by atoms with Gasteiger partial charge in [0.2, 0.25) is 0 Å². The van der Waals surface area contributed by atoms with Crippen LogP contribution < -0.4 is 0 Å². The van der Waals surface area contributed by atoms with Crippen LogP contribution in [0.3, 0.4) is 0 Å². The van der Waals surface area contributed by atoms with Crippen molar-refractivity contribution in [3.8, 4) is 16.9 Å². The molecule has 0 unspecified atom stereocenters. The highest BCUT2D eigenvalue weighted by molar-refractivity contribution is 7.50. The van der Waals surface area contributed by atoms with Gasteiger partial charge >= 0.3 is 7.60 Å². The molecule has 0 saturated heterocycles. The summed E-state index contributed by atoms with van der Waals surface area (Å²) in [5.41, 5.74) is 3.92. The van der Waals surface area contributed by atoms with Gasteiger partial charge in [0.05, 0.1) is 18.0 Å². The Labute approximate surface area is 133 Å². The van der Waals surface area contributed by atoms with Gasteiger partial charge in [0.15, 0.2) is 0 Å². The molecule has 2 N–H and O–H groups in total. The van der Waals surface area contributed by atoms with E-state index in [-0.39, 0.29) is 6.16 Å². The molecule has 0 aliphatic rings. The Morgan fingerprint density at radius 1 is 1.13 bits per heavy atom. The lowest BCUT2D eigenvalue weighted by Crippen LogP contribution is -2.00. The predicted octanol–water partition coefficient (Wildman–Crippen LogP) is 2.92. The highest BCUT2D eigenvalue weighted by Gasteiger charge is 2.18. The normalized spacial score (nSPS) is 11.6. The number of aryl methyl sites for hydroxylation is 1. The van der Waals surface area contributed by atoms with Gasteiger partial charge < -0.3 is 9.79 Å². The minimum atomic E-state index is -4.15.